The fourth-order valence-electron chi connectivity index (χ4n) is 3.16. The summed E-state index contributed by atoms with van der Waals surface area (Å²) in [7, 11) is 0. The van der Waals surface area contributed by atoms with Crippen LogP contribution in [0.25, 0.3) is 0 Å². The molecule has 1 aromatic heterocycles. The highest BCUT2D eigenvalue weighted by Gasteiger charge is 2.35. The summed E-state index contributed by atoms with van der Waals surface area (Å²) < 4.78 is 0. The number of nitrogens with one attached hydrogen (secondary N) is 1. The summed E-state index contributed by atoms with van der Waals surface area (Å²) in [4.78, 5) is 13.5. The second kappa shape index (κ2) is 7.46. The highest BCUT2D eigenvalue weighted by molar-refractivity contribution is 7.09. The van der Waals surface area contributed by atoms with Gasteiger partial charge in [-0.1, -0.05) is 25.8 Å². The van der Waals surface area contributed by atoms with Gasteiger partial charge in [-0.2, -0.15) is 0 Å². The number of hydrogen-bond donors (Lipinski definition) is 1. The second-order valence-electron chi connectivity index (χ2n) is 6.10. The van der Waals surface area contributed by atoms with Crippen LogP contribution in [0.2, 0.25) is 0 Å². The van der Waals surface area contributed by atoms with E-state index >= 15 is 0 Å². The molecule has 1 heterocycles. The lowest BCUT2D eigenvalue weighted by atomic mass is 9.77. The molecule has 1 aliphatic carbocycles. The van der Waals surface area contributed by atoms with E-state index in [-0.39, 0.29) is 11.4 Å². The first-order chi connectivity index (χ1) is 9.63. The van der Waals surface area contributed by atoms with Gasteiger partial charge in [-0.3, -0.25) is 4.79 Å². The van der Waals surface area contributed by atoms with Gasteiger partial charge in [0.05, 0.1) is 5.54 Å². The Balaban J connectivity index is 1.77. The van der Waals surface area contributed by atoms with Crippen molar-refractivity contribution in [3.63, 3.8) is 0 Å². The van der Waals surface area contributed by atoms with Gasteiger partial charge in [0.15, 0.2) is 0 Å². The summed E-state index contributed by atoms with van der Waals surface area (Å²) in [6, 6.07) is 4.19. The fraction of sp³-hybridized carbons (Fsp3) is 0.688. The summed E-state index contributed by atoms with van der Waals surface area (Å²) in [5, 5.41) is 5.31. The van der Waals surface area contributed by atoms with Crippen molar-refractivity contribution in [3.8, 4) is 0 Å². The summed E-state index contributed by atoms with van der Waals surface area (Å²) in [6.45, 7) is 2.25. The van der Waals surface area contributed by atoms with Crippen LogP contribution < -0.4 is 5.32 Å². The standard InChI is InChI=1S/C16H24ClNOS/c1-13-5-3-9-16(11-13,12-17)18-15(19)8-2-6-14-7-4-10-20-14/h4,7,10,13H,2-3,5-6,8-9,11-12H2,1H3,(H,18,19). The lowest BCUT2D eigenvalue weighted by Gasteiger charge is -2.39. The Morgan fingerprint density at radius 1 is 1.60 bits per heavy atom. The van der Waals surface area contributed by atoms with Crippen LogP contribution in [0.1, 0.15) is 50.3 Å². The molecule has 0 aromatic carbocycles. The first-order valence-corrected chi connectivity index (χ1v) is 8.94. The molecule has 4 heteroatoms. The van der Waals surface area contributed by atoms with Crippen LogP contribution in [-0.4, -0.2) is 17.3 Å². The average Bonchev–Trinajstić information content (AvgIpc) is 2.92. The van der Waals surface area contributed by atoms with Crippen molar-refractivity contribution in [2.24, 2.45) is 5.92 Å². The molecule has 1 N–H and O–H groups in total. The second-order valence-corrected chi connectivity index (χ2v) is 7.40. The van der Waals surface area contributed by atoms with Crippen LogP contribution in [0.4, 0.5) is 0 Å². The first kappa shape index (κ1) is 15.8. The summed E-state index contributed by atoms with van der Waals surface area (Å²) >= 11 is 7.91. The predicted molar refractivity (Wildman–Crippen MR) is 86.5 cm³/mol. The third kappa shape index (κ3) is 4.49. The minimum absolute atomic E-state index is 0.154. The van der Waals surface area contributed by atoms with Crippen molar-refractivity contribution < 1.29 is 4.79 Å². The molecule has 0 aliphatic heterocycles. The molecule has 112 valence electrons. The summed E-state index contributed by atoms with van der Waals surface area (Å²) in [6.07, 6.45) is 6.99. The third-order valence-electron chi connectivity index (χ3n) is 4.16. The Labute approximate surface area is 130 Å². The van der Waals surface area contributed by atoms with Crippen molar-refractivity contribution in [2.45, 2.75) is 57.4 Å². The summed E-state index contributed by atoms with van der Waals surface area (Å²) in [5.41, 5.74) is -0.154. The molecule has 20 heavy (non-hydrogen) atoms. The maximum Gasteiger partial charge on any atom is 0.220 e. The Bertz CT molecular complexity index is 420. The molecule has 1 aliphatic rings. The normalized spacial score (nSPS) is 26.4. The van der Waals surface area contributed by atoms with E-state index in [1.54, 1.807) is 11.3 Å². The highest BCUT2D eigenvalue weighted by Crippen LogP contribution is 2.33. The molecule has 2 nitrogen and oxygen atoms in total. The molecule has 1 saturated carbocycles. The van der Waals surface area contributed by atoms with Crippen molar-refractivity contribution in [2.75, 3.05) is 5.88 Å². The number of hydrogen-bond acceptors (Lipinski definition) is 2. The van der Waals surface area contributed by atoms with E-state index in [2.05, 4.69) is 29.8 Å². The van der Waals surface area contributed by atoms with Gasteiger partial charge in [-0.25, -0.2) is 0 Å². The monoisotopic (exact) mass is 313 g/mol. The van der Waals surface area contributed by atoms with Crippen molar-refractivity contribution in [1.82, 2.24) is 5.32 Å². The number of halogens is 1. The Kier molecular flexibility index (Phi) is 5.91. The molecular weight excluding hydrogens is 290 g/mol. The van der Waals surface area contributed by atoms with Crippen molar-refractivity contribution in [1.29, 1.82) is 0 Å². The Hall–Kier alpha value is -0.540. The van der Waals surface area contributed by atoms with E-state index in [0.717, 1.165) is 25.7 Å². The molecule has 1 fully saturated rings. The lowest BCUT2D eigenvalue weighted by molar-refractivity contribution is -0.123. The lowest BCUT2D eigenvalue weighted by Crippen LogP contribution is -2.52. The number of carbonyl (C=O) groups excluding carboxylic acids is 1. The topological polar surface area (TPSA) is 29.1 Å². The van der Waals surface area contributed by atoms with Crippen LogP contribution in [0, 0.1) is 5.92 Å². The third-order valence-corrected chi connectivity index (χ3v) is 5.61. The molecule has 0 radical (unpaired) electrons. The molecule has 0 saturated heterocycles. The van der Waals surface area contributed by atoms with E-state index < -0.39 is 0 Å². The largest absolute Gasteiger partial charge is 0.349 e. The minimum Gasteiger partial charge on any atom is -0.349 e. The van der Waals surface area contributed by atoms with E-state index in [0.29, 0.717) is 18.2 Å². The summed E-state index contributed by atoms with van der Waals surface area (Å²) in [5.74, 6) is 1.36. The SMILES string of the molecule is CC1CCCC(CCl)(NC(=O)CCCc2cccs2)C1. The molecule has 0 spiro atoms. The Morgan fingerprint density at radius 2 is 2.45 bits per heavy atom. The van der Waals surface area contributed by atoms with E-state index in [1.165, 1.54) is 17.7 Å². The zero-order valence-electron chi connectivity index (χ0n) is 12.2. The maximum atomic E-state index is 12.1. The smallest absolute Gasteiger partial charge is 0.220 e. The molecule has 1 aromatic rings. The van der Waals surface area contributed by atoms with Gasteiger partial charge in [-0.15, -0.1) is 22.9 Å². The van der Waals surface area contributed by atoms with Crippen molar-refractivity contribution >= 4 is 28.8 Å². The zero-order valence-corrected chi connectivity index (χ0v) is 13.7. The predicted octanol–water partition coefficient (Wildman–Crippen LogP) is 4.37. The van der Waals surface area contributed by atoms with Gasteiger partial charge in [0.25, 0.3) is 0 Å². The molecule has 2 unspecified atom stereocenters. The quantitative estimate of drug-likeness (QED) is 0.776. The van der Waals surface area contributed by atoms with E-state index in [4.69, 9.17) is 11.6 Å². The Morgan fingerprint density at radius 3 is 3.10 bits per heavy atom. The molecule has 2 rings (SSSR count). The molecule has 1 amide bonds. The van der Waals surface area contributed by atoms with Gasteiger partial charge >= 0.3 is 0 Å². The van der Waals surface area contributed by atoms with Gasteiger partial charge in [0.1, 0.15) is 0 Å². The van der Waals surface area contributed by atoms with Crippen LogP contribution >= 0.6 is 22.9 Å². The number of alkyl halides is 1. The van der Waals surface area contributed by atoms with E-state index in [1.807, 2.05) is 0 Å². The van der Waals surface area contributed by atoms with Crippen LogP contribution in [0.3, 0.4) is 0 Å². The maximum absolute atomic E-state index is 12.1. The fourth-order valence-corrected chi connectivity index (χ4v) is 4.23. The highest BCUT2D eigenvalue weighted by atomic mass is 35.5. The van der Waals surface area contributed by atoms with Gasteiger partial charge in [-0.05, 0) is 43.0 Å². The van der Waals surface area contributed by atoms with E-state index in [9.17, 15) is 4.79 Å². The molecular formula is C16H24ClNOS. The minimum atomic E-state index is -0.154. The number of aryl methyl sites for hydroxylation is 1. The number of amides is 1. The van der Waals surface area contributed by atoms with Crippen molar-refractivity contribution in [3.05, 3.63) is 22.4 Å². The molecule has 0 bridgehead atoms. The van der Waals surface area contributed by atoms with Gasteiger partial charge in [0.2, 0.25) is 5.91 Å². The van der Waals surface area contributed by atoms with Gasteiger partial charge in [0, 0.05) is 17.2 Å². The zero-order chi connectivity index (χ0) is 14.4. The molecule has 2 atom stereocenters. The first-order valence-electron chi connectivity index (χ1n) is 7.53. The number of rotatable bonds is 6. The van der Waals surface area contributed by atoms with Crippen LogP contribution in [0.15, 0.2) is 17.5 Å². The van der Waals surface area contributed by atoms with Crippen LogP contribution in [-0.2, 0) is 11.2 Å². The average molecular weight is 314 g/mol. The number of carbonyl (C=O) groups is 1. The van der Waals surface area contributed by atoms with Crippen LogP contribution in [0.5, 0.6) is 0 Å². The number of thiophene rings is 1. The van der Waals surface area contributed by atoms with Gasteiger partial charge < -0.3 is 5.32 Å².